The normalized spacial score (nSPS) is 17.5. The molecule has 0 atom stereocenters. The highest BCUT2D eigenvalue weighted by Gasteiger charge is 2.27. The Kier molecular flexibility index (Phi) is 5.16. The number of thiophene rings is 1. The zero-order valence-corrected chi connectivity index (χ0v) is 17.0. The van der Waals surface area contributed by atoms with Crippen LogP contribution in [0.5, 0.6) is 0 Å². The third-order valence-electron chi connectivity index (χ3n) is 5.01. The molecule has 1 aromatic carbocycles. The molecule has 0 aliphatic carbocycles. The lowest BCUT2D eigenvalue weighted by Crippen LogP contribution is -2.46. The number of halogens is 1. The highest BCUT2D eigenvalue weighted by Crippen LogP contribution is 2.37. The lowest BCUT2D eigenvalue weighted by atomic mass is 10.0. The van der Waals surface area contributed by atoms with Gasteiger partial charge in [-0.05, 0) is 46.1 Å². The van der Waals surface area contributed by atoms with E-state index in [9.17, 15) is 14.9 Å². The highest BCUT2D eigenvalue weighted by atomic mass is 79.9. The van der Waals surface area contributed by atoms with Crippen LogP contribution in [0, 0.1) is 10.1 Å². The molecule has 3 heterocycles. The van der Waals surface area contributed by atoms with Gasteiger partial charge in [-0.2, -0.15) is 0 Å². The summed E-state index contributed by atoms with van der Waals surface area (Å²) in [5.41, 5.74) is 2.27. The lowest BCUT2D eigenvalue weighted by Gasteiger charge is -2.36. The molecule has 1 aromatic heterocycles. The second-order valence-corrected chi connectivity index (χ2v) is 9.32. The first-order chi connectivity index (χ1) is 13.0. The summed E-state index contributed by atoms with van der Waals surface area (Å²) in [5, 5.41) is 14.4. The summed E-state index contributed by atoms with van der Waals surface area (Å²) >= 11 is 5.22. The first-order valence-electron chi connectivity index (χ1n) is 8.82. The number of hydrogen-bond acceptors (Lipinski definition) is 6. The minimum Gasteiger partial charge on any atom is -0.363 e. The molecular formula is C18H19BrN4O3S. The number of benzene rings is 1. The van der Waals surface area contributed by atoms with Crippen LogP contribution in [-0.2, 0) is 17.8 Å². The van der Waals surface area contributed by atoms with Crippen molar-refractivity contribution in [1.29, 1.82) is 0 Å². The van der Waals surface area contributed by atoms with Crippen LogP contribution in [0.1, 0.15) is 16.9 Å². The number of nitrogens with zero attached hydrogens (tertiary/aromatic N) is 3. The van der Waals surface area contributed by atoms with Gasteiger partial charge in [0, 0.05) is 55.8 Å². The van der Waals surface area contributed by atoms with Crippen LogP contribution in [0.3, 0.4) is 0 Å². The molecule has 1 fully saturated rings. The molecule has 27 heavy (non-hydrogen) atoms. The Morgan fingerprint density at radius 2 is 1.96 bits per heavy atom. The second kappa shape index (κ2) is 7.57. The van der Waals surface area contributed by atoms with Crippen molar-refractivity contribution < 1.29 is 9.72 Å². The van der Waals surface area contributed by atoms with Gasteiger partial charge in [-0.15, -0.1) is 11.3 Å². The molecule has 1 N–H and O–H groups in total. The Hall–Kier alpha value is -1.97. The molecule has 0 spiro atoms. The van der Waals surface area contributed by atoms with Crippen LogP contribution in [0.25, 0.3) is 0 Å². The highest BCUT2D eigenvalue weighted by molar-refractivity contribution is 9.11. The number of piperazine rings is 1. The van der Waals surface area contributed by atoms with Gasteiger partial charge < -0.3 is 10.2 Å². The van der Waals surface area contributed by atoms with Crippen molar-refractivity contribution in [3.63, 3.8) is 0 Å². The van der Waals surface area contributed by atoms with E-state index in [-0.39, 0.29) is 16.5 Å². The molecule has 2 aromatic rings. The van der Waals surface area contributed by atoms with Gasteiger partial charge in [-0.3, -0.25) is 19.8 Å². The smallest absolute Gasteiger partial charge is 0.292 e. The standard InChI is InChI=1S/C18H19BrN4O3S/c19-17-3-2-13(27-17)11-21-5-7-22(8-6-21)15-10-14-12(1-4-18(24)20-14)9-16(15)23(25)26/h2-3,9-10H,1,4-8,11H2,(H,20,24). The zero-order valence-electron chi connectivity index (χ0n) is 14.6. The first-order valence-corrected chi connectivity index (χ1v) is 10.4. The second-order valence-electron chi connectivity index (χ2n) is 6.77. The van der Waals surface area contributed by atoms with E-state index in [1.807, 2.05) is 0 Å². The summed E-state index contributed by atoms with van der Waals surface area (Å²) in [5.74, 6) is -0.0331. The fourth-order valence-corrected chi connectivity index (χ4v) is 5.13. The summed E-state index contributed by atoms with van der Waals surface area (Å²) < 4.78 is 1.13. The van der Waals surface area contributed by atoms with Crippen LogP contribution in [-0.4, -0.2) is 41.9 Å². The number of nitro groups is 1. The predicted molar refractivity (Wildman–Crippen MR) is 110 cm³/mol. The van der Waals surface area contributed by atoms with E-state index in [1.54, 1.807) is 23.5 Å². The van der Waals surface area contributed by atoms with Gasteiger partial charge in [0.1, 0.15) is 5.69 Å². The van der Waals surface area contributed by atoms with E-state index in [4.69, 9.17) is 0 Å². The third kappa shape index (κ3) is 3.99. The molecule has 4 rings (SSSR count). The van der Waals surface area contributed by atoms with Crippen molar-refractivity contribution >= 4 is 50.2 Å². The molecule has 0 saturated carbocycles. The Bertz CT molecular complexity index is 893. The van der Waals surface area contributed by atoms with E-state index in [0.29, 0.717) is 24.2 Å². The molecule has 0 unspecified atom stereocenters. The summed E-state index contributed by atoms with van der Waals surface area (Å²) in [6, 6.07) is 7.58. The fraction of sp³-hybridized carbons (Fsp3) is 0.389. The Labute approximate surface area is 169 Å². The number of nitro benzene ring substituents is 1. The number of nitrogens with one attached hydrogen (secondary N) is 1. The van der Waals surface area contributed by atoms with Crippen molar-refractivity contribution in [3.8, 4) is 0 Å². The minimum absolute atomic E-state index is 0.0331. The number of hydrogen-bond donors (Lipinski definition) is 1. The molecular weight excluding hydrogens is 432 g/mol. The molecule has 9 heteroatoms. The van der Waals surface area contributed by atoms with Gasteiger partial charge in [0.05, 0.1) is 8.71 Å². The Morgan fingerprint density at radius 1 is 1.19 bits per heavy atom. The van der Waals surface area contributed by atoms with Crippen molar-refractivity contribution in [2.75, 3.05) is 36.4 Å². The average Bonchev–Trinajstić information content (AvgIpc) is 3.06. The zero-order chi connectivity index (χ0) is 19.0. The molecule has 0 radical (unpaired) electrons. The van der Waals surface area contributed by atoms with Gasteiger partial charge >= 0.3 is 0 Å². The molecule has 142 valence electrons. The van der Waals surface area contributed by atoms with Gasteiger partial charge in [-0.25, -0.2) is 0 Å². The number of carbonyl (C=O) groups excluding carboxylic acids is 1. The largest absolute Gasteiger partial charge is 0.363 e. The average molecular weight is 451 g/mol. The van der Waals surface area contributed by atoms with Crippen molar-refractivity contribution in [2.45, 2.75) is 19.4 Å². The molecule has 2 aliphatic heterocycles. The lowest BCUT2D eigenvalue weighted by molar-refractivity contribution is -0.384. The van der Waals surface area contributed by atoms with Crippen LogP contribution in [0.15, 0.2) is 28.1 Å². The quantitative estimate of drug-likeness (QED) is 0.568. The number of amides is 1. The third-order valence-corrected chi connectivity index (χ3v) is 6.62. The summed E-state index contributed by atoms with van der Waals surface area (Å²) in [7, 11) is 0. The topological polar surface area (TPSA) is 78.7 Å². The van der Waals surface area contributed by atoms with Gasteiger partial charge in [-0.1, -0.05) is 0 Å². The van der Waals surface area contributed by atoms with Crippen LogP contribution in [0.2, 0.25) is 0 Å². The van der Waals surface area contributed by atoms with E-state index >= 15 is 0 Å². The number of aryl methyl sites for hydroxylation is 1. The summed E-state index contributed by atoms with van der Waals surface area (Å²) in [4.78, 5) is 28.7. The van der Waals surface area contributed by atoms with Crippen molar-refractivity contribution in [3.05, 3.63) is 48.6 Å². The van der Waals surface area contributed by atoms with Gasteiger partial charge in [0.25, 0.3) is 5.69 Å². The van der Waals surface area contributed by atoms with E-state index in [0.717, 1.165) is 42.1 Å². The first kappa shape index (κ1) is 18.4. The van der Waals surface area contributed by atoms with E-state index in [2.05, 4.69) is 43.2 Å². The summed E-state index contributed by atoms with van der Waals surface area (Å²) in [6.07, 6.45) is 0.924. The van der Waals surface area contributed by atoms with Crippen LogP contribution in [0.4, 0.5) is 17.1 Å². The summed E-state index contributed by atoms with van der Waals surface area (Å²) in [6.45, 7) is 4.03. The number of anilines is 2. The Morgan fingerprint density at radius 3 is 2.63 bits per heavy atom. The SMILES string of the molecule is O=C1CCc2cc([N+](=O)[O-])c(N3CCN(Cc4ccc(Br)s4)CC3)cc2N1. The van der Waals surface area contributed by atoms with Crippen LogP contribution < -0.4 is 10.2 Å². The number of carbonyl (C=O) groups is 1. The predicted octanol–water partition coefficient (Wildman–Crippen LogP) is 3.63. The number of rotatable bonds is 4. The van der Waals surface area contributed by atoms with Gasteiger partial charge in [0.2, 0.25) is 5.91 Å². The number of fused-ring (bicyclic) bond motifs is 1. The fourth-order valence-electron chi connectivity index (χ4n) is 3.61. The molecule has 1 saturated heterocycles. The Balaban J connectivity index is 1.51. The monoisotopic (exact) mass is 450 g/mol. The van der Waals surface area contributed by atoms with Crippen LogP contribution >= 0.6 is 27.3 Å². The maximum atomic E-state index is 11.7. The maximum absolute atomic E-state index is 11.7. The molecule has 0 bridgehead atoms. The van der Waals surface area contributed by atoms with E-state index < -0.39 is 0 Å². The van der Waals surface area contributed by atoms with E-state index in [1.165, 1.54) is 4.88 Å². The maximum Gasteiger partial charge on any atom is 0.292 e. The minimum atomic E-state index is -0.318. The van der Waals surface area contributed by atoms with Gasteiger partial charge in [0.15, 0.2) is 0 Å². The van der Waals surface area contributed by atoms with Crippen molar-refractivity contribution in [2.24, 2.45) is 0 Å². The molecule has 1 amide bonds. The molecule has 7 nitrogen and oxygen atoms in total. The molecule has 2 aliphatic rings. The van der Waals surface area contributed by atoms with Crippen molar-refractivity contribution in [1.82, 2.24) is 4.90 Å².